The van der Waals surface area contributed by atoms with E-state index >= 15 is 0 Å². The molecule has 0 saturated heterocycles. The maximum Gasteiger partial charge on any atom is 0.266 e. The van der Waals surface area contributed by atoms with Crippen LogP contribution in [0, 0.1) is 12.7 Å². The minimum atomic E-state index is -4.03. The van der Waals surface area contributed by atoms with Crippen molar-refractivity contribution in [1.82, 2.24) is 10.3 Å². The van der Waals surface area contributed by atoms with Gasteiger partial charge in [0.2, 0.25) is 0 Å². The molecule has 1 aliphatic rings. The normalized spacial score (nSPS) is 13.4. The van der Waals surface area contributed by atoms with Gasteiger partial charge in [-0.2, -0.15) is 0 Å². The van der Waals surface area contributed by atoms with Crippen LogP contribution < -0.4 is 19.7 Å². The molecule has 0 spiro atoms. The van der Waals surface area contributed by atoms with E-state index in [0.29, 0.717) is 24.7 Å². The van der Waals surface area contributed by atoms with Crippen LogP contribution in [0.5, 0.6) is 11.5 Å². The third-order valence-corrected chi connectivity index (χ3v) is 4.94. The number of nitrogens with one attached hydrogen (secondary N) is 2. The van der Waals surface area contributed by atoms with E-state index in [1.807, 2.05) is 4.83 Å². The number of amides is 1. The SMILES string of the molecule is Cc1cc(F)ccc1S(=O)(=O)NNC(=O)c1ccc2c(c1)OCCO2. The highest BCUT2D eigenvalue weighted by Crippen LogP contribution is 2.30. The van der Waals surface area contributed by atoms with E-state index < -0.39 is 21.7 Å². The molecule has 0 aliphatic carbocycles. The summed E-state index contributed by atoms with van der Waals surface area (Å²) in [5.74, 6) is -0.279. The monoisotopic (exact) mass is 366 g/mol. The van der Waals surface area contributed by atoms with E-state index in [2.05, 4.69) is 5.43 Å². The Morgan fingerprint density at radius 1 is 1.08 bits per heavy atom. The molecule has 0 saturated carbocycles. The molecule has 0 aromatic heterocycles. The van der Waals surface area contributed by atoms with Crippen molar-refractivity contribution in [2.45, 2.75) is 11.8 Å². The van der Waals surface area contributed by atoms with Gasteiger partial charge in [-0.3, -0.25) is 10.2 Å². The summed E-state index contributed by atoms with van der Waals surface area (Å²) >= 11 is 0. The molecule has 3 rings (SSSR count). The van der Waals surface area contributed by atoms with Gasteiger partial charge in [0, 0.05) is 5.56 Å². The number of carbonyl (C=O) groups excluding carboxylic acids is 1. The smallest absolute Gasteiger partial charge is 0.266 e. The Labute approximate surface area is 143 Å². The quantitative estimate of drug-likeness (QED) is 0.801. The number of sulfonamides is 1. The molecule has 1 amide bonds. The second kappa shape index (κ2) is 6.69. The van der Waals surface area contributed by atoms with Crippen LogP contribution in [0.15, 0.2) is 41.3 Å². The largest absolute Gasteiger partial charge is 0.486 e. The summed E-state index contributed by atoms with van der Waals surface area (Å²) in [5.41, 5.74) is 2.54. The zero-order valence-corrected chi connectivity index (χ0v) is 14.0. The highest BCUT2D eigenvalue weighted by molar-refractivity contribution is 7.89. The van der Waals surface area contributed by atoms with Crippen LogP contribution in [0.3, 0.4) is 0 Å². The fourth-order valence-corrected chi connectivity index (χ4v) is 3.41. The first-order valence-electron chi connectivity index (χ1n) is 7.35. The number of hydrogen-bond acceptors (Lipinski definition) is 5. The summed E-state index contributed by atoms with van der Waals surface area (Å²) < 4.78 is 48.3. The van der Waals surface area contributed by atoms with Crippen LogP contribution in [0.2, 0.25) is 0 Å². The second-order valence-corrected chi connectivity index (χ2v) is 6.98. The van der Waals surface area contributed by atoms with Gasteiger partial charge in [-0.15, -0.1) is 4.83 Å². The van der Waals surface area contributed by atoms with Crippen LogP contribution in [-0.4, -0.2) is 27.5 Å². The predicted octanol–water partition coefficient (Wildman–Crippen LogP) is 1.53. The van der Waals surface area contributed by atoms with Gasteiger partial charge in [0.1, 0.15) is 19.0 Å². The molecular weight excluding hydrogens is 351 g/mol. The average Bonchev–Trinajstić information content (AvgIpc) is 2.59. The summed E-state index contributed by atoms with van der Waals surface area (Å²) in [6.45, 7) is 2.25. The number of benzene rings is 2. The maximum absolute atomic E-state index is 13.1. The molecule has 9 heteroatoms. The molecule has 0 radical (unpaired) electrons. The van der Waals surface area contributed by atoms with Crippen molar-refractivity contribution in [3.63, 3.8) is 0 Å². The van der Waals surface area contributed by atoms with E-state index in [1.54, 1.807) is 6.07 Å². The minimum Gasteiger partial charge on any atom is -0.486 e. The van der Waals surface area contributed by atoms with Crippen molar-refractivity contribution in [2.24, 2.45) is 0 Å². The lowest BCUT2D eigenvalue weighted by Gasteiger charge is -2.18. The van der Waals surface area contributed by atoms with E-state index in [0.717, 1.165) is 18.2 Å². The maximum atomic E-state index is 13.1. The first-order valence-corrected chi connectivity index (χ1v) is 8.83. The number of halogens is 1. The van der Waals surface area contributed by atoms with Gasteiger partial charge in [-0.05, 0) is 48.9 Å². The fraction of sp³-hybridized carbons (Fsp3) is 0.188. The van der Waals surface area contributed by atoms with Gasteiger partial charge >= 0.3 is 0 Å². The first kappa shape index (κ1) is 17.2. The van der Waals surface area contributed by atoms with Crippen molar-refractivity contribution in [1.29, 1.82) is 0 Å². The zero-order chi connectivity index (χ0) is 18.0. The predicted molar refractivity (Wildman–Crippen MR) is 86.4 cm³/mol. The number of aryl methyl sites for hydroxylation is 1. The molecule has 132 valence electrons. The topological polar surface area (TPSA) is 93.7 Å². The molecule has 2 N–H and O–H groups in total. The van der Waals surface area contributed by atoms with Crippen molar-refractivity contribution in [3.05, 3.63) is 53.3 Å². The highest BCUT2D eigenvalue weighted by atomic mass is 32.2. The number of hydrazine groups is 1. The molecule has 2 aromatic rings. The average molecular weight is 366 g/mol. The summed E-state index contributed by atoms with van der Waals surface area (Å²) in [6.07, 6.45) is 0. The molecule has 0 atom stereocenters. The van der Waals surface area contributed by atoms with Gasteiger partial charge in [-0.1, -0.05) is 0 Å². The summed E-state index contributed by atoms with van der Waals surface area (Å²) in [7, 11) is -4.03. The van der Waals surface area contributed by atoms with Gasteiger partial charge < -0.3 is 9.47 Å². The number of ether oxygens (including phenoxy) is 2. The van der Waals surface area contributed by atoms with Crippen LogP contribution in [-0.2, 0) is 10.0 Å². The van der Waals surface area contributed by atoms with Gasteiger partial charge in [0.15, 0.2) is 11.5 Å². The standard InChI is InChI=1S/C16H15FN2O5S/c1-10-8-12(17)3-5-15(10)25(21,22)19-18-16(20)11-2-4-13-14(9-11)24-7-6-23-13/h2-5,8-9,19H,6-7H2,1H3,(H,18,20). The van der Waals surface area contributed by atoms with Crippen LogP contribution >= 0.6 is 0 Å². The Balaban J connectivity index is 1.73. The molecule has 7 nitrogen and oxygen atoms in total. The lowest BCUT2D eigenvalue weighted by atomic mass is 10.2. The summed E-state index contributed by atoms with van der Waals surface area (Å²) in [5, 5.41) is 0. The Morgan fingerprint density at radius 2 is 1.80 bits per heavy atom. The molecule has 2 aromatic carbocycles. The molecule has 0 unspecified atom stereocenters. The Morgan fingerprint density at radius 3 is 2.52 bits per heavy atom. The van der Waals surface area contributed by atoms with E-state index in [9.17, 15) is 17.6 Å². The van der Waals surface area contributed by atoms with E-state index in [-0.39, 0.29) is 16.0 Å². The molecule has 0 bridgehead atoms. The first-order chi connectivity index (χ1) is 11.9. The molecule has 1 aliphatic heterocycles. The summed E-state index contributed by atoms with van der Waals surface area (Å²) in [6, 6.07) is 7.77. The van der Waals surface area contributed by atoms with Crippen LogP contribution in [0.1, 0.15) is 15.9 Å². The van der Waals surface area contributed by atoms with Crippen molar-refractivity contribution < 1.29 is 27.1 Å². The van der Waals surface area contributed by atoms with E-state index in [4.69, 9.17) is 9.47 Å². The lowest BCUT2D eigenvalue weighted by molar-refractivity contribution is 0.0944. The molecule has 1 heterocycles. The Hall–Kier alpha value is -2.65. The minimum absolute atomic E-state index is 0.128. The molecule has 0 fully saturated rings. The van der Waals surface area contributed by atoms with Gasteiger partial charge in [0.05, 0.1) is 4.90 Å². The van der Waals surface area contributed by atoms with Crippen LogP contribution in [0.4, 0.5) is 4.39 Å². The molecular formula is C16H15FN2O5S. The highest BCUT2D eigenvalue weighted by Gasteiger charge is 2.20. The second-order valence-electron chi connectivity index (χ2n) is 5.33. The van der Waals surface area contributed by atoms with Crippen molar-refractivity contribution >= 4 is 15.9 Å². The third-order valence-electron chi connectivity index (χ3n) is 3.53. The van der Waals surface area contributed by atoms with E-state index in [1.165, 1.54) is 19.1 Å². The zero-order valence-electron chi connectivity index (χ0n) is 13.2. The Bertz CT molecular complexity index is 930. The van der Waals surface area contributed by atoms with Gasteiger partial charge in [0.25, 0.3) is 15.9 Å². The van der Waals surface area contributed by atoms with Crippen LogP contribution in [0.25, 0.3) is 0 Å². The lowest BCUT2D eigenvalue weighted by Crippen LogP contribution is -2.41. The number of carbonyl (C=O) groups is 1. The third kappa shape index (κ3) is 3.72. The molecule has 25 heavy (non-hydrogen) atoms. The van der Waals surface area contributed by atoms with Gasteiger partial charge in [-0.25, -0.2) is 12.8 Å². The fourth-order valence-electron chi connectivity index (χ4n) is 2.34. The van der Waals surface area contributed by atoms with Crippen molar-refractivity contribution in [2.75, 3.05) is 13.2 Å². The number of rotatable bonds is 4. The number of fused-ring (bicyclic) bond motifs is 1. The number of hydrogen-bond donors (Lipinski definition) is 2. The summed E-state index contributed by atoms with van der Waals surface area (Å²) in [4.78, 5) is 14.0. The van der Waals surface area contributed by atoms with Crippen molar-refractivity contribution in [3.8, 4) is 11.5 Å². The Kier molecular flexibility index (Phi) is 4.60.